The number of nitrogens with two attached hydrogens (primary N) is 1. The van der Waals surface area contributed by atoms with Crippen molar-refractivity contribution in [1.29, 1.82) is 0 Å². The predicted octanol–water partition coefficient (Wildman–Crippen LogP) is 2.28. The van der Waals surface area contributed by atoms with Gasteiger partial charge < -0.3 is 15.8 Å². The summed E-state index contributed by atoms with van der Waals surface area (Å²) in [4.78, 5) is 10.7. The molecule has 0 spiro atoms. The van der Waals surface area contributed by atoms with Gasteiger partial charge in [0.05, 0.1) is 11.6 Å². The molecule has 6 heteroatoms. The van der Waals surface area contributed by atoms with Crippen molar-refractivity contribution in [1.82, 2.24) is 5.32 Å². The van der Waals surface area contributed by atoms with Crippen LogP contribution in [0, 0.1) is 0 Å². The Hall–Kier alpha value is -0.970. The highest BCUT2D eigenvalue weighted by molar-refractivity contribution is 6.35. The Kier molecular flexibility index (Phi) is 4.32. The van der Waals surface area contributed by atoms with Gasteiger partial charge in [-0.25, -0.2) is 0 Å². The number of amides is 1. The number of halogens is 2. The van der Waals surface area contributed by atoms with E-state index in [0.717, 1.165) is 12.0 Å². The van der Waals surface area contributed by atoms with Crippen molar-refractivity contribution in [2.24, 2.45) is 5.73 Å². The highest BCUT2D eigenvalue weighted by Crippen LogP contribution is 2.39. The molecule has 0 fully saturated rings. The summed E-state index contributed by atoms with van der Waals surface area (Å²) >= 11 is 12.1. The maximum Gasteiger partial charge on any atom is 0.218 e. The van der Waals surface area contributed by atoms with E-state index in [1.54, 1.807) is 6.07 Å². The lowest BCUT2D eigenvalue weighted by atomic mass is 10.0. The second-order valence-corrected chi connectivity index (χ2v) is 5.01. The van der Waals surface area contributed by atoms with E-state index in [0.29, 0.717) is 35.4 Å². The van der Waals surface area contributed by atoms with Crippen LogP contribution in [-0.4, -0.2) is 19.1 Å². The molecule has 0 aromatic heterocycles. The van der Waals surface area contributed by atoms with Crippen LogP contribution in [0.3, 0.4) is 0 Å². The number of hydrogen-bond acceptors (Lipinski definition) is 3. The Labute approximate surface area is 115 Å². The zero-order valence-electron chi connectivity index (χ0n) is 9.71. The number of carbonyl (C=O) groups is 1. The van der Waals surface area contributed by atoms with Gasteiger partial charge >= 0.3 is 0 Å². The highest BCUT2D eigenvalue weighted by atomic mass is 35.5. The van der Waals surface area contributed by atoms with Gasteiger partial charge in [0.2, 0.25) is 5.91 Å². The van der Waals surface area contributed by atoms with Crippen molar-refractivity contribution in [3.63, 3.8) is 0 Å². The normalized spacial score (nSPS) is 18.0. The molecule has 3 N–H and O–H groups in total. The lowest BCUT2D eigenvalue weighted by Gasteiger charge is -2.27. The lowest BCUT2D eigenvalue weighted by Crippen LogP contribution is -2.30. The van der Waals surface area contributed by atoms with Gasteiger partial charge in [0.15, 0.2) is 0 Å². The summed E-state index contributed by atoms with van der Waals surface area (Å²) in [5, 5.41) is 4.35. The summed E-state index contributed by atoms with van der Waals surface area (Å²) in [5.74, 6) is 0.350. The summed E-state index contributed by atoms with van der Waals surface area (Å²) in [6.45, 7) is 1.12. The SMILES string of the molecule is NC(=O)CCNC1CCOc2c(Cl)cc(Cl)cc21. The zero-order chi connectivity index (χ0) is 13.1. The molecule has 1 atom stereocenters. The number of fused-ring (bicyclic) bond motifs is 1. The minimum absolute atomic E-state index is 0.0873. The van der Waals surface area contributed by atoms with Crippen LogP contribution in [-0.2, 0) is 4.79 Å². The second-order valence-electron chi connectivity index (χ2n) is 4.17. The number of carbonyl (C=O) groups excluding carboxylic acids is 1. The molecule has 1 amide bonds. The minimum atomic E-state index is -0.320. The molecular weight excluding hydrogens is 275 g/mol. The van der Waals surface area contributed by atoms with Crippen molar-refractivity contribution < 1.29 is 9.53 Å². The van der Waals surface area contributed by atoms with Gasteiger partial charge in [-0.15, -0.1) is 0 Å². The number of hydrogen-bond donors (Lipinski definition) is 2. The third-order valence-electron chi connectivity index (χ3n) is 2.83. The number of benzene rings is 1. The number of nitrogens with one attached hydrogen (secondary N) is 1. The Morgan fingerprint density at radius 3 is 3.00 bits per heavy atom. The molecule has 0 radical (unpaired) electrons. The van der Waals surface area contributed by atoms with Gasteiger partial charge in [-0.2, -0.15) is 0 Å². The minimum Gasteiger partial charge on any atom is -0.492 e. The summed E-state index contributed by atoms with van der Waals surface area (Å²) in [6, 6.07) is 3.58. The van der Waals surface area contributed by atoms with Gasteiger partial charge in [-0.1, -0.05) is 23.2 Å². The summed E-state index contributed by atoms with van der Waals surface area (Å²) in [5.41, 5.74) is 6.04. The molecule has 1 unspecified atom stereocenters. The van der Waals surface area contributed by atoms with E-state index >= 15 is 0 Å². The lowest BCUT2D eigenvalue weighted by molar-refractivity contribution is -0.117. The summed E-state index contributed by atoms with van der Waals surface area (Å²) < 4.78 is 5.54. The van der Waals surface area contributed by atoms with Crippen LogP contribution < -0.4 is 15.8 Å². The van der Waals surface area contributed by atoms with Crippen molar-refractivity contribution in [3.8, 4) is 5.75 Å². The van der Waals surface area contributed by atoms with E-state index in [4.69, 9.17) is 33.7 Å². The molecule has 1 aliphatic heterocycles. The first-order valence-corrected chi connectivity index (χ1v) is 6.47. The maximum absolute atomic E-state index is 10.7. The molecular formula is C12H14Cl2N2O2. The molecule has 0 bridgehead atoms. The molecule has 1 aliphatic rings. The van der Waals surface area contributed by atoms with E-state index in [1.807, 2.05) is 6.07 Å². The van der Waals surface area contributed by atoms with Crippen LogP contribution in [0.5, 0.6) is 5.75 Å². The van der Waals surface area contributed by atoms with Gasteiger partial charge in [0.1, 0.15) is 5.75 Å². The molecule has 0 saturated carbocycles. The maximum atomic E-state index is 10.7. The fourth-order valence-electron chi connectivity index (χ4n) is 2.01. The number of ether oxygens (including phenoxy) is 1. The topological polar surface area (TPSA) is 64.4 Å². The first-order chi connectivity index (χ1) is 8.58. The fourth-order valence-corrected chi connectivity index (χ4v) is 2.57. The Bertz CT molecular complexity index is 466. The molecule has 98 valence electrons. The first-order valence-electron chi connectivity index (χ1n) is 5.71. The molecule has 1 heterocycles. The molecule has 1 aromatic carbocycles. The van der Waals surface area contributed by atoms with Crippen LogP contribution in [0.1, 0.15) is 24.4 Å². The van der Waals surface area contributed by atoms with Crippen molar-refractivity contribution in [2.75, 3.05) is 13.2 Å². The molecule has 0 saturated heterocycles. The van der Waals surface area contributed by atoms with Crippen molar-refractivity contribution in [3.05, 3.63) is 27.7 Å². The monoisotopic (exact) mass is 288 g/mol. The quantitative estimate of drug-likeness (QED) is 0.893. The predicted molar refractivity (Wildman–Crippen MR) is 71.1 cm³/mol. The largest absolute Gasteiger partial charge is 0.492 e. The Morgan fingerprint density at radius 1 is 1.50 bits per heavy atom. The molecule has 0 aliphatic carbocycles. The van der Waals surface area contributed by atoms with Gasteiger partial charge in [-0.05, 0) is 12.1 Å². The standard InChI is InChI=1S/C12H14Cl2N2O2/c13-7-5-8-10(16-3-1-11(15)17)2-4-18-12(8)9(14)6-7/h5-6,10,16H,1-4H2,(H2,15,17). The van der Waals surface area contributed by atoms with Gasteiger partial charge in [0.25, 0.3) is 0 Å². The van der Waals surface area contributed by atoms with E-state index < -0.39 is 0 Å². The number of rotatable bonds is 4. The van der Waals surface area contributed by atoms with Crippen LogP contribution in [0.2, 0.25) is 10.0 Å². The Balaban J connectivity index is 2.14. The van der Waals surface area contributed by atoms with E-state index in [1.165, 1.54) is 0 Å². The van der Waals surface area contributed by atoms with Crippen LogP contribution in [0.4, 0.5) is 0 Å². The van der Waals surface area contributed by atoms with Crippen molar-refractivity contribution in [2.45, 2.75) is 18.9 Å². The Morgan fingerprint density at radius 2 is 2.28 bits per heavy atom. The van der Waals surface area contributed by atoms with Gasteiger partial charge in [-0.3, -0.25) is 4.79 Å². The van der Waals surface area contributed by atoms with E-state index in [9.17, 15) is 4.79 Å². The fraction of sp³-hybridized carbons (Fsp3) is 0.417. The number of primary amides is 1. The first kappa shape index (κ1) is 13.5. The summed E-state index contributed by atoms with van der Waals surface area (Å²) in [7, 11) is 0. The van der Waals surface area contributed by atoms with Crippen LogP contribution in [0.15, 0.2) is 12.1 Å². The van der Waals surface area contributed by atoms with Crippen molar-refractivity contribution >= 4 is 29.1 Å². The highest BCUT2D eigenvalue weighted by Gasteiger charge is 2.23. The smallest absolute Gasteiger partial charge is 0.218 e. The third-order valence-corrected chi connectivity index (χ3v) is 3.33. The molecule has 4 nitrogen and oxygen atoms in total. The molecule has 2 rings (SSSR count). The summed E-state index contributed by atoms with van der Waals surface area (Å²) in [6.07, 6.45) is 1.11. The van der Waals surface area contributed by atoms with Crippen LogP contribution in [0.25, 0.3) is 0 Å². The van der Waals surface area contributed by atoms with Gasteiger partial charge in [0, 0.05) is 36.0 Å². The van der Waals surface area contributed by atoms with E-state index in [-0.39, 0.29) is 11.9 Å². The van der Waals surface area contributed by atoms with E-state index in [2.05, 4.69) is 5.32 Å². The zero-order valence-corrected chi connectivity index (χ0v) is 11.2. The second kappa shape index (κ2) is 5.78. The molecule has 18 heavy (non-hydrogen) atoms. The average Bonchev–Trinajstić information content (AvgIpc) is 2.29. The van der Waals surface area contributed by atoms with Crippen LogP contribution >= 0.6 is 23.2 Å². The molecule has 1 aromatic rings. The average molecular weight is 289 g/mol. The third kappa shape index (κ3) is 3.07.